The van der Waals surface area contributed by atoms with Gasteiger partial charge in [-0.25, -0.2) is 13.9 Å². The summed E-state index contributed by atoms with van der Waals surface area (Å²) in [6, 6.07) is 15.1. The minimum absolute atomic E-state index is 0.0297. The molecule has 0 amide bonds. The van der Waals surface area contributed by atoms with E-state index in [0.29, 0.717) is 12.2 Å². The lowest BCUT2D eigenvalue weighted by Crippen LogP contribution is -2.09. The van der Waals surface area contributed by atoms with E-state index in [1.807, 2.05) is 36.4 Å². The Balaban J connectivity index is 1.46. The molecule has 0 spiro atoms. The summed E-state index contributed by atoms with van der Waals surface area (Å²) in [5, 5.41) is 9.85. The number of nitrogens with one attached hydrogen (secondary N) is 1. The number of carbonyl (C=O) groups excluding carboxylic acids is 1. The largest absolute Gasteiger partial charge is 0.437 e. The van der Waals surface area contributed by atoms with Crippen LogP contribution in [0.2, 0.25) is 0 Å². The fraction of sp³-hybridized carbons (Fsp3) is 0.286. The second kappa shape index (κ2) is 7.14. The number of carbonyl (C=O) groups is 1. The highest BCUT2D eigenvalue weighted by Crippen LogP contribution is 2.44. The molecular formula is C21H19F2N3O2. The van der Waals surface area contributed by atoms with E-state index in [-0.39, 0.29) is 36.1 Å². The first-order chi connectivity index (χ1) is 13.4. The Labute approximate surface area is 160 Å². The van der Waals surface area contributed by atoms with Crippen molar-refractivity contribution in [1.82, 2.24) is 15.4 Å². The maximum atomic E-state index is 13.4. The van der Waals surface area contributed by atoms with E-state index in [9.17, 15) is 13.6 Å². The number of ketones is 1. The molecule has 0 radical (unpaired) electrons. The van der Waals surface area contributed by atoms with Crippen LogP contribution in [0.5, 0.6) is 11.6 Å². The second-order valence-electron chi connectivity index (χ2n) is 7.09. The third kappa shape index (κ3) is 3.78. The van der Waals surface area contributed by atoms with Crippen molar-refractivity contribution in [2.75, 3.05) is 0 Å². The predicted octanol–water partition coefficient (Wildman–Crippen LogP) is 5.37. The van der Waals surface area contributed by atoms with Crippen LogP contribution in [-0.2, 0) is 0 Å². The summed E-state index contributed by atoms with van der Waals surface area (Å²) < 4.78 is 32.5. The van der Waals surface area contributed by atoms with Gasteiger partial charge in [-0.3, -0.25) is 4.79 Å². The van der Waals surface area contributed by atoms with Crippen molar-refractivity contribution in [2.24, 2.45) is 0 Å². The van der Waals surface area contributed by atoms with Crippen LogP contribution in [0.4, 0.5) is 8.78 Å². The van der Waals surface area contributed by atoms with Crippen LogP contribution in [0.25, 0.3) is 11.1 Å². The van der Waals surface area contributed by atoms with Gasteiger partial charge < -0.3 is 4.74 Å². The number of hydrogen-bond donors (Lipinski definition) is 1. The fourth-order valence-electron chi connectivity index (χ4n) is 3.54. The zero-order chi connectivity index (χ0) is 19.7. The normalized spacial score (nSPS) is 18.2. The maximum absolute atomic E-state index is 13.4. The molecule has 1 heterocycles. The number of benzene rings is 2. The Morgan fingerprint density at radius 2 is 1.75 bits per heavy atom. The molecule has 0 aliphatic heterocycles. The monoisotopic (exact) mass is 383 g/mol. The molecule has 1 fully saturated rings. The Hall–Kier alpha value is -3.09. The van der Waals surface area contributed by atoms with E-state index in [4.69, 9.17) is 4.74 Å². The molecule has 4 rings (SSSR count). The quantitative estimate of drug-likeness (QED) is 0.602. The lowest BCUT2D eigenvalue weighted by Gasteiger charge is -2.12. The summed E-state index contributed by atoms with van der Waals surface area (Å²) in [6.07, 6.45) is 0.435. The number of aromatic amines is 1. The topological polar surface area (TPSA) is 67.9 Å². The average molecular weight is 383 g/mol. The van der Waals surface area contributed by atoms with Crippen molar-refractivity contribution >= 4 is 5.78 Å². The van der Waals surface area contributed by atoms with Crippen molar-refractivity contribution in [1.29, 1.82) is 0 Å². The number of H-pyrrole nitrogens is 1. The molecule has 1 aliphatic rings. The zero-order valence-corrected chi connectivity index (χ0v) is 15.3. The summed E-state index contributed by atoms with van der Waals surface area (Å²) in [5.41, 5.74) is 3.08. The molecule has 1 aromatic heterocycles. The number of ether oxygens (including phenoxy) is 1. The van der Waals surface area contributed by atoms with Crippen LogP contribution < -0.4 is 4.74 Å². The van der Waals surface area contributed by atoms with Gasteiger partial charge >= 0.3 is 0 Å². The highest BCUT2D eigenvalue weighted by atomic mass is 19.3. The van der Waals surface area contributed by atoms with Crippen LogP contribution >= 0.6 is 0 Å². The third-order valence-electron chi connectivity index (χ3n) is 5.04. The number of aromatic nitrogens is 3. The van der Waals surface area contributed by atoms with Gasteiger partial charge in [0.25, 0.3) is 0 Å². The summed E-state index contributed by atoms with van der Waals surface area (Å²) in [7, 11) is 0. The Kier molecular flexibility index (Phi) is 4.66. The van der Waals surface area contributed by atoms with Crippen LogP contribution in [0.3, 0.4) is 0 Å². The van der Waals surface area contributed by atoms with Crippen LogP contribution in [0.1, 0.15) is 48.2 Å². The van der Waals surface area contributed by atoms with E-state index in [2.05, 4.69) is 15.4 Å². The summed E-state index contributed by atoms with van der Waals surface area (Å²) in [4.78, 5) is 11.5. The molecule has 1 saturated carbocycles. The minimum Gasteiger partial charge on any atom is -0.437 e. The highest BCUT2D eigenvalue weighted by molar-refractivity contribution is 5.94. The van der Waals surface area contributed by atoms with Gasteiger partial charge in [-0.15, -0.1) is 5.10 Å². The van der Waals surface area contributed by atoms with Crippen molar-refractivity contribution < 1.29 is 18.3 Å². The Bertz CT molecular complexity index is 982. The van der Waals surface area contributed by atoms with Gasteiger partial charge in [0.05, 0.1) is 0 Å². The van der Waals surface area contributed by atoms with Gasteiger partial charge in [0, 0.05) is 19.8 Å². The van der Waals surface area contributed by atoms with E-state index < -0.39 is 5.92 Å². The Morgan fingerprint density at radius 3 is 2.32 bits per heavy atom. The third-order valence-corrected chi connectivity index (χ3v) is 5.04. The van der Waals surface area contributed by atoms with Crippen LogP contribution in [0, 0.1) is 0 Å². The van der Waals surface area contributed by atoms with Gasteiger partial charge in [0.15, 0.2) is 11.5 Å². The minimum atomic E-state index is -2.54. The lowest BCUT2D eigenvalue weighted by atomic mass is 9.95. The van der Waals surface area contributed by atoms with E-state index in [1.165, 1.54) is 6.92 Å². The van der Waals surface area contributed by atoms with Crippen molar-refractivity contribution in [2.45, 2.75) is 38.0 Å². The molecular weight excluding hydrogens is 364 g/mol. The van der Waals surface area contributed by atoms with Crippen LogP contribution in [-0.4, -0.2) is 27.1 Å². The Morgan fingerprint density at radius 1 is 1.11 bits per heavy atom. The molecule has 2 aromatic carbocycles. The number of Topliss-reactive ketones (excluding diaryl/α,β-unsaturated/α-hetero) is 1. The second-order valence-corrected chi connectivity index (χ2v) is 7.09. The number of rotatable bonds is 5. The van der Waals surface area contributed by atoms with E-state index >= 15 is 0 Å². The lowest BCUT2D eigenvalue weighted by molar-refractivity contribution is 0.00776. The van der Waals surface area contributed by atoms with Gasteiger partial charge in [-0.05, 0) is 41.2 Å². The highest BCUT2D eigenvalue weighted by Gasteiger charge is 2.39. The summed E-state index contributed by atoms with van der Waals surface area (Å²) in [5.74, 6) is -2.09. The van der Waals surface area contributed by atoms with Gasteiger partial charge in [-0.2, -0.15) is 0 Å². The summed E-state index contributed by atoms with van der Waals surface area (Å²) in [6.45, 7) is 1.39. The first-order valence-corrected chi connectivity index (χ1v) is 9.09. The summed E-state index contributed by atoms with van der Waals surface area (Å²) >= 11 is 0. The van der Waals surface area contributed by atoms with Gasteiger partial charge in [0.1, 0.15) is 5.75 Å². The molecule has 3 aromatic rings. The molecule has 5 nitrogen and oxygen atoms in total. The fourth-order valence-corrected chi connectivity index (χ4v) is 3.54. The standard InChI is InChI=1S/C21H19F2N3O2/c1-13(27)19-20(25-26-24-19)28-18-8-6-15(7-9-18)14-2-4-16(5-3-14)17-10-11-21(22,23)12-17/h2-9,17H,10-12H2,1H3,(H,24,25,26). The molecule has 1 aliphatic carbocycles. The van der Waals surface area contributed by atoms with E-state index in [1.54, 1.807) is 12.1 Å². The molecule has 1 N–H and O–H groups in total. The molecule has 144 valence electrons. The smallest absolute Gasteiger partial charge is 0.248 e. The van der Waals surface area contributed by atoms with Crippen molar-refractivity contribution in [3.8, 4) is 22.8 Å². The molecule has 1 unspecified atom stereocenters. The van der Waals surface area contributed by atoms with Crippen LogP contribution in [0.15, 0.2) is 48.5 Å². The number of nitrogens with zero attached hydrogens (tertiary/aromatic N) is 2. The number of alkyl halides is 2. The number of halogens is 2. The maximum Gasteiger partial charge on any atom is 0.248 e. The predicted molar refractivity (Wildman–Crippen MR) is 99.9 cm³/mol. The molecule has 7 heteroatoms. The average Bonchev–Trinajstić information content (AvgIpc) is 3.29. The van der Waals surface area contributed by atoms with Crippen molar-refractivity contribution in [3.05, 3.63) is 59.8 Å². The molecule has 1 atom stereocenters. The SMILES string of the molecule is CC(=O)c1nn[nH]c1Oc1ccc(-c2ccc(C3CCC(F)(F)C3)cc2)cc1. The van der Waals surface area contributed by atoms with E-state index in [0.717, 1.165) is 16.7 Å². The molecule has 0 bridgehead atoms. The zero-order valence-electron chi connectivity index (χ0n) is 15.3. The van der Waals surface area contributed by atoms with Crippen molar-refractivity contribution in [3.63, 3.8) is 0 Å². The first kappa shape index (κ1) is 18.3. The van der Waals surface area contributed by atoms with Gasteiger partial charge in [0.2, 0.25) is 11.8 Å². The molecule has 28 heavy (non-hydrogen) atoms. The number of hydrogen-bond acceptors (Lipinski definition) is 4. The first-order valence-electron chi connectivity index (χ1n) is 9.09. The van der Waals surface area contributed by atoms with Gasteiger partial charge in [-0.1, -0.05) is 41.6 Å². The molecule has 0 saturated heterocycles.